The topological polar surface area (TPSA) is 58.6 Å². The van der Waals surface area contributed by atoms with Crippen molar-refractivity contribution in [2.75, 3.05) is 13.2 Å². The number of carbonyl (C=O) groups excluding carboxylic acids is 1. The second-order valence-corrected chi connectivity index (χ2v) is 3.48. The van der Waals surface area contributed by atoms with Crippen LogP contribution in [0.15, 0.2) is 0 Å². The van der Waals surface area contributed by atoms with Crippen LogP contribution in [-0.2, 0) is 4.74 Å². The number of carbonyl (C=O) groups is 1. The van der Waals surface area contributed by atoms with Gasteiger partial charge in [0.2, 0.25) is 0 Å². The molecule has 0 heterocycles. The molecule has 0 aromatic rings. The lowest BCUT2D eigenvalue weighted by Crippen LogP contribution is -2.42. The lowest BCUT2D eigenvalue weighted by atomic mass is 10.2. The molecular formula is C8H16FNO3. The van der Waals surface area contributed by atoms with Crippen LogP contribution < -0.4 is 5.32 Å². The highest BCUT2D eigenvalue weighted by Gasteiger charge is 2.18. The van der Waals surface area contributed by atoms with Crippen LogP contribution in [0.3, 0.4) is 0 Å². The molecule has 1 atom stereocenters. The molecule has 5 heteroatoms. The third-order valence-electron chi connectivity index (χ3n) is 1.00. The highest BCUT2D eigenvalue weighted by molar-refractivity contribution is 5.68. The Morgan fingerprint density at radius 3 is 2.62 bits per heavy atom. The highest BCUT2D eigenvalue weighted by Crippen LogP contribution is 2.06. The van der Waals surface area contributed by atoms with E-state index in [1.54, 1.807) is 20.8 Å². The summed E-state index contributed by atoms with van der Waals surface area (Å²) in [6.07, 6.45) is -0.969. The maximum Gasteiger partial charge on any atom is 0.408 e. The monoisotopic (exact) mass is 195 g/mol. The summed E-state index contributed by atoms with van der Waals surface area (Å²) in [4.78, 5) is 11.1. The summed E-state index contributed by atoms with van der Waals surface area (Å²) in [5.74, 6) is 0. The van der Waals surface area contributed by atoms with E-state index < -0.39 is 31.0 Å². The van der Waals surface area contributed by atoms with Crippen LogP contribution in [-0.4, -0.2) is 36.1 Å². The van der Waals surface area contributed by atoms with E-state index in [1.807, 2.05) is 5.32 Å². The smallest absolute Gasteiger partial charge is 0.408 e. The van der Waals surface area contributed by atoms with Crippen LogP contribution in [0.2, 0.25) is 0 Å². The van der Waals surface area contributed by atoms with Gasteiger partial charge in [0, 0.05) is 0 Å². The zero-order chi connectivity index (χ0) is 12.3. The maximum atomic E-state index is 12.3. The molecule has 0 fully saturated rings. The number of alkyl halides is 1. The number of nitrogens with one attached hydrogen (secondary N) is 1. The van der Waals surface area contributed by atoms with Gasteiger partial charge in [-0.15, -0.1) is 0 Å². The SMILES string of the molecule is [2H]C([2H])(O)[C@H](CF)NC(=O)OC(C)(C)C. The van der Waals surface area contributed by atoms with Gasteiger partial charge in [-0.05, 0) is 20.8 Å². The Hall–Kier alpha value is -0.840. The largest absolute Gasteiger partial charge is 0.444 e. The molecule has 0 aliphatic carbocycles. The number of amides is 1. The molecule has 2 N–H and O–H groups in total. The molecule has 0 aromatic heterocycles. The van der Waals surface area contributed by atoms with Gasteiger partial charge >= 0.3 is 6.09 Å². The van der Waals surface area contributed by atoms with Gasteiger partial charge in [0.05, 0.1) is 15.3 Å². The number of ether oxygens (including phenoxy) is 1. The van der Waals surface area contributed by atoms with Crippen LogP contribution in [0, 0.1) is 0 Å². The Morgan fingerprint density at radius 2 is 2.31 bits per heavy atom. The number of aliphatic hydroxyl groups is 1. The number of rotatable bonds is 3. The fourth-order valence-corrected chi connectivity index (χ4v) is 0.555. The molecule has 0 aliphatic heterocycles. The third kappa shape index (κ3) is 6.33. The van der Waals surface area contributed by atoms with E-state index in [1.165, 1.54) is 0 Å². The van der Waals surface area contributed by atoms with Crippen molar-refractivity contribution in [1.82, 2.24) is 5.32 Å². The summed E-state index contributed by atoms with van der Waals surface area (Å²) in [7, 11) is 0. The van der Waals surface area contributed by atoms with E-state index in [0.29, 0.717) is 0 Å². The first-order valence-corrected chi connectivity index (χ1v) is 3.84. The van der Waals surface area contributed by atoms with Gasteiger partial charge in [-0.3, -0.25) is 0 Å². The Balaban J connectivity index is 4.27. The predicted octanol–water partition coefficient (Wildman–Crippen LogP) is 0.841. The van der Waals surface area contributed by atoms with E-state index in [2.05, 4.69) is 0 Å². The molecule has 4 nitrogen and oxygen atoms in total. The summed E-state index contributed by atoms with van der Waals surface area (Å²) in [5.41, 5.74) is -0.757. The maximum absolute atomic E-state index is 12.3. The summed E-state index contributed by atoms with van der Waals surface area (Å²) in [6, 6.07) is -1.63. The summed E-state index contributed by atoms with van der Waals surface area (Å²) in [6.45, 7) is 0.814. The summed E-state index contributed by atoms with van der Waals surface area (Å²) >= 11 is 0. The van der Waals surface area contributed by atoms with Gasteiger partial charge in [-0.1, -0.05) is 0 Å². The van der Waals surface area contributed by atoms with Gasteiger partial charge < -0.3 is 15.2 Å². The fourth-order valence-electron chi connectivity index (χ4n) is 0.555. The molecule has 13 heavy (non-hydrogen) atoms. The van der Waals surface area contributed by atoms with Crippen molar-refractivity contribution >= 4 is 6.09 Å². The number of halogens is 1. The second-order valence-electron chi connectivity index (χ2n) is 3.48. The fraction of sp³-hybridized carbons (Fsp3) is 0.875. The number of hydrogen-bond donors (Lipinski definition) is 2. The minimum absolute atomic E-state index is 0.757. The number of alkyl carbamates (subject to hydrolysis) is 1. The standard InChI is InChI=1S/C8H16FNO3/c1-8(2,3)13-7(12)10-6(4-9)5-11/h6,11H,4-5H2,1-3H3,(H,10,12)/t6-/m0/s1/i5D2. The van der Waals surface area contributed by atoms with Crippen molar-refractivity contribution in [3.05, 3.63) is 0 Å². The van der Waals surface area contributed by atoms with Gasteiger partial charge in [-0.2, -0.15) is 0 Å². The lowest BCUT2D eigenvalue weighted by Gasteiger charge is -2.21. The van der Waals surface area contributed by atoms with E-state index in [0.717, 1.165) is 0 Å². The first kappa shape index (κ1) is 8.74. The molecule has 1 amide bonds. The highest BCUT2D eigenvalue weighted by atomic mass is 19.1. The average Bonchev–Trinajstić information content (AvgIpc) is 1.94. The quantitative estimate of drug-likeness (QED) is 0.701. The van der Waals surface area contributed by atoms with E-state index >= 15 is 0 Å². The minimum atomic E-state index is -2.81. The molecular weight excluding hydrogens is 177 g/mol. The first-order valence-electron chi connectivity index (χ1n) is 4.84. The van der Waals surface area contributed by atoms with Crippen molar-refractivity contribution in [1.29, 1.82) is 0 Å². The van der Waals surface area contributed by atoms with Crippen molar-refractivity contribution in [2.24, 2.45) is 0 Å². The number of hydrogen-bond acceptors (Lipinski definition) is 3. The Morgan fingerprint density at radius 1 is 1.77 bits per heavy atom. The molecule has 0 spiro atoms. The van der Waals surface area contributed by atoms with Gasteiger partial charge in [0.25, 0.3) is 0 Å². The zero-order valence-electron chi connectivity index (χ0n) is 9.93. The van der Waals surface area contributed by atoms with E-state index in [9.17, 15) is 9.18 Å². The molecule has 0 aromatic carbocycles. The minimum Gasteiger partial charge on any atom is -0.444 e. The molecule has 78 valence electrons. The van der Waals surface area contributed by atoms with Crippen molar-refractivity contribution in [3.63, 3.8) is 0 Å². The zero-order valence-corrected chi connectivity index (χ0v) is 7.93. The molecule has 0 saturated heterocycles. The van der Waals surface area contributed by atoms with Crippen LogP contribution in [0.4, 0.5) is 9.18 Å². The van der Waals surface area contributed by atoms with Gasteiger partial charge in [0.15, 0.2) is 0 Å². The first-order chi connectivity index (χ1) is 6.56. The Bertz CT molecular complexity index is 225. The lowest BCUT2D eigenvalue weighted by molar-refractivity contribution is 0.0471. The van der Waals surface area contributed by atoms with Crippen molar-refractivity contribution < 1.29 is 21.8 Å². The molecule has 0 aliphatic rings. The van der Waals surface area contributed by atoms with Gasteiger partial charge in [-0.25, -0.2) is 9.18 Å². The van der Waals surface area contributed by atoms with Crippen molar-refractivity contribution in [2.45, 2.75) is 32.4 Å². The van der Waals surface area contributed by atoms with Crippen LogP contribution in [0.5, 0.6) is 0 Å². The second kappa shape index (κ2) is 5.01. The van der Waals surface area contributed by atoms with Crippen molar-refractivity contribution in [3.8, 4) is 0 Å². The summed E-state index contributed by atoms with van der Waals surface area (Å²) in [5, 5.41) is 10.7. The van der Waals surface area contributed by atoms with Crippen LogP contribution >= 0.6 is 0 Å². The molecule has 0 rings (SSSR count). The Labute approximate surface area is 79.9 Å². The Kier molecular flexibility index (Phi) is 3.37. The summed E-state index contributed by atoms with van der Waals surface area (Å²) < 4.78 is 30.7. The molecule has 0 unspecified atom stereocenters. The van der Waals surface area contributed by atoms with Gasteiger partial charge in [0.1, 0.15) is 12.3 Å². The van der Waals surface area contributed by atoms with E-state index in [-0.39, 0.29) is 0 Å². The molecule has 0 bridgehead atoms. The van der Waals surface area contributed by atoms with E-state index in [4.69, 9.17) is 12.6 Å². The molecule has 0 radical (unpaired) electrons. The average molecular weight is 195 g/mol. The third-order valence-corrected chi connectivity index (χ3v) is 1.00. The predicted molar refractivity (Wildman–Crippen MR) is 46.2 cm³/mol. The molecule has 0 saturated carbocycles. The van der Waals surface area contributed by atoms with Crippen LogP contribution in [0.1, 0.15) is 23.5 Å². The normalized spacial score (nSPS) is 17.0. The van der Waals surface area contributed by atoms with Crippen LogP contribution in [0.25, 0.3) is 0 Å².